The average Bonchev–Trinajstić information content (AvgIpc) is 2.44. The smallest absolute Gasteiger partial charge is 0.299 e. The highest BCUT2D eigenvalue weighted by Gasteiger charge is 2.33. The molecule has 0 aliphatic carbocycles. The van der Waals surface area contributed by atoms with E-state index in [9.17, 15) is 9.59 Å². The first-order chi connectivity index (χ1) is 6.65. The number of ketones is 1. The predicted molar refractivity (Wildman–Crippen MR) is 50.7 cm³/mol. The molecule has 0 aromatic heterocycles. The molecule has 0 spiro atoms. The summed E-state index contributed by atoms with van der Waals surface area (Å²) >= 11 is 0. The van der Waals surface area contributed by atoms with Crippen LogP contribution in [0, 0.1) is 0 Å². The van der Waals surface area contributed by atoms with Gasteiger partial charge in [-0.15, -0.1) is 0 Å². The lowest BCUT2D eigenvalue weighted by atomic mass is 10.1. The summed E-state index contributed by atoms with van der Waals surface area (Å²) < 4.78 is 5.01. The van der Waals surface area contributed by atoms with Crippen LogP contribution < -0.4 is 9.64 Å². The molecule has 0 N–H and O–H groups in total. The molecule has 1 aromatic carbocycles. The van der Waals surface area contributed by atoms with Crippen LogP contribution in [-0.4, -0.2) is 25.8 Å². The molecule has 1 heterocycles. The third-order valence-electron chi connectivity index (χ3n) is 2.31. The van der Waals surface area contributed by atoms with Crippen molar-refractivity contribution in [3.8, 4) is 5.75 Å². The molecule has 0 unspecified atom stereocenters. The van der Waals surface area contributed by atoms with Crippen molar-refractivity contribution >= 4 is 17.4 Å². The van der Waals surface area contributed by atoms with Gasteiger partial charge < -0.3 is 9.64 Å². The summed E-state index contributed by atoms with van der Waals surface area (Å²) in [6, 6.07) is 4.96. The number of likely N-dealkylation sites (N-methyl/N-ethyl adjacent to an activating group) is 1. The number of Topliss-reactive ketones (excluding diaryl/α,β-unsaturated/α-hetero) is 1. The van der Waals surface area contributed by atoms with Crippen LogP contribution in [0.1, 0.15) is 10.4 Å². The maximum absolute atomic E-state index is 11.4. The first-order valence-corrected chi connectivity index (χ1v) is 4.15. The van der Waals surface area contributed by atoms with Crippen molar-refractivity contribution in [2.24, 2.45) is 0 Å². The van der Waals surface area contributed by atoms with Crippen LogP contribution in [0.5, 0.6) is 5.75 Å². The van der Waals surface area contributed by atoms with E-state index in [1.54, 1.807) is 32.4 Å². The van der Waals surface area contributed by atoms with Crippen molar-refractivity contribution < 1.29 is 14.3 Å². The SMILES string of the molecule is COc1ccc2c(c1)N(C)C(=O)C2=O. The molecule has 0 fully saturated rings. The average molecular weight is 191 g/mol. The Hall–Kier alpha value is -1.84. The summed E-state index contributed by atoms with van der Waals surface area (Å²) in [5.74, 6) is -0.309. The second-order valence-corrected chi connectivity index (χ2v) is 3.08. The number of methoxy groups -OCH3 is 1. The van der Waals surface area contributed by atoms with Crippen molar-refractivity contribution in [2.75, 3.05) is 19.1 Å². The van der Waals surface area contributed by atoms with Crippen molar-refractivity contribution in [3.63, 3.8) is 0 Å². The lowest BCUT2D eigenvalue weighted by molar-refractivity contribution is -0.114. The number of ether oxygens (including phenoxy) is 1. The molecule has 2 rings (SSSR count). The molecule has 0 radical (unpaired) electrons. The Balaban J connectivity index is 2.59. The minimum atomic E-state index is -0.492. The fourth-order valence-electron chi connectivity index (χ4n) is 1.48. The molecule has 1 aliphatic heterocycles. The Bertz CT molecular complexity index is 425. The van der Waals surface area contributed by atoms with Crippen LogP contribution >= 0.6 is 0 Å². The van der Waals surface area contributed by atoms with E-state index in [2.05, 4.69) is 0 Å². The number of benzene rings is 1. The fraction of sp³-hybridized carbons (Fsp3) is 0.200. The number of hydrogen-bond donors (Lipinski definition) is 0. The number of anilines is 1. The maximum atomic E-state index is 11.4. The van der Waals surface area contributed by atoms with Gasteiger partial charge in [0.15, 0.2) is 0 Å². The monoisotopic (exact) mass is 191 g/mol. The van der Waals surface area contributed by atoms with E-state index < -0.39 is 11.7 Å². The number of carbonyl (C=O) groups excluding carboxylic acids is 2. The summed E-state index contributed by atoms with van der Waals surface area (Å²) in [5, 5.41) is 0. The van der Waals surface area contributed by atoms with E-state index in [-0.39, 0.29) is 0 Å². The van der Waals surface area contributed by atoms with Crippen molar-refractivity contribution in [2.45, 2.75) is 0 Å². The van der Waals surface area contributed by atoms with Crippen molar-refractivity contribution in [3.05, 3.63) is 23.8 Å². The summed E-state index contributed by atoms with van der Waals surface area (Å²) in [6.07, 6.45) is 0. The topological polar surface area (TPSA) is 46.6 Å². The molecule has 72 valence electrons. The summed E-state index contributed by atoms with van der Waals surface area (Å²) in [5.41, 5.74) is 1.05. The van der Waals surface area contributed by atoms with Crippen LogP contribution in [0.15, 0.2) is 18.2 Å². The van der Waals surface area contributed by atoms with Gasteiger partial charge in [-0.05, 0) is 12.1 Å². The predicted octanol–water partition coefficient (Wildman–Crippen LogP) is 0.854. The number of carbonyl (C=O) groups is 2. The van der Waals surface area contributed by atoms with E-state index >= 15 is 0 Å². The van der Waals surface area contributed by atoms with Crippen molar-refractivity contribution in [1.29, 1.82) is 0 Å². The second kappa shape index (κ2) is 2.83. The lowest BCUT2D eigenvalue weighted by Crippen LogP contribution is -2.24. The normalized spacial score (nSPS) is 14.6. The molecule has 1 aromatic rings. The number of amides is 1. The van der Waals surface area contributed by atoms with E-state index in [0.717, 1.165) is 0 Å². The highest BCUT2D eigenvalue weighted by molar-refractivity contribution is 6.52. The summed E-state index contributed by atoms with van der Waals surface area (Å²) in [4.78, 5) is 24.0. The lowest BCUT2D eigenvalue weighted by Gasteiger charge is -2.09. The largest absolute Gasteiger partial charge is 0.497 e. The molecule has 0 saturated heterocycles. The third kappa shape index (κ3) is 1.00. The molecule has 4 nitrogen and oxygen atoms in total. The maximum Gasteiger partial charge on any atom is 0.299 e. The van der Waals surface area contributed by atoms with Gasteiger partial charge in [-0.3, -0.25) is 9.59 Å². The van der Waals surface area contributed by atoms with Crippen LogP contribution in [0.4, 0.5) is 5.69 Å². The number of rotatable bonds is 1. The molecule has 1 aliphatic rings. The van der Waals surface area contributed by atoms with E-state index in [1.807, 2.05) is 0 Å². The summed E-state index contributed by atoms with van der Waals surface area (Å²) in [7, 11) is 3.12. The number of nitrogens with zero attached hydrogens (tertiary/aromatic N) is 1. The Kier molecular flexibility index (Phi) is 1.77. The van der Waals surface area contributed by atoms with Crippen LogP contribution in [0.25, 0.3) is 0 Å². The zero-order valence-corrected chi connectivity index (χ0v) is 7.90. The molecule has 14 heavy (non-hydrogen) atoms. The van der Waals surface area contributed by atoms with Gasteiger partial charge in [0.2, 0.25) is 0 Å². The number of fused-ring (bicyclic) bond motifs is 1. The Morgan fingerprint density at radius 1 is 1.29 bits per heavy atom. The molecule has 4 heteroatoms. The van der Waals surface area contributed by atoms with Gasteiger partial charge in [0.1, 0.15) is 5.75 Å². The fourth-order valence-corrected chi connectivity index (χ4v) is 1.48. The highest BCUT2D eigenvalue weighted by Crippen LogP contribution is 2.30. The van der Waals surface area contributed by atoms with Gasteiger partial charge in [0.25, 0.3) is 11.7 Å². The Morgan fingerprint density at radius 3 is 2.64 bits per heavy atom. The minimum Gasteiger partial charge on any atom is -0.497 e. The Morgan fingerprint density at radius 2 is 2.00 bits per heavy atom. The van der Waals surface area contributed by atoms with Gasteiger partial charge in [0.05, 0.1) is 18.4 Å². The Labute approximate surface area is 81.1 Å². The third-order valence-corrected chi connectivity index (χ3v) is 2.31. The van der Waals surface area contributed by atoms with Crippen LogP contribution in [0.2, 0.25) is 0 Å². The van der Waals surface area contributed by atoms with Gasteiger partial charge in [-0.2, -0.15) is 0 Å². The quantitative estimate of drug-likeness (QED) is 0.618. The summed E-state index contributed by atoms with van der Waals surface area (Å²) in [6.45, 7) is 0. The van der Waals surface area contributed by atoms with Gasteiger partial charge in [-0.25, -0.2) is 0 Å². The van der Waals surface area contributed by atoms with E-state index in [4.69, 9.17) is 4.74 Å². The first kappa shape index (κ1) is 8.74. The zero-order valence-electron chi connectivity index (χ0n) is 7.90. The highest BCUT2D eigenvalue weighted by atomic mass is 16.5. The van der Waals surface area contributed by atoms with E-state index in [1.165, 1.54) is 4.90 Å². The van der Waals surface area contributed by atoms with E-state index in [0.29, 0.717) is 17.0 Å². The zero-order chi connectivity index (χ0) is 10.3. The van der Waals surface area contributed by atoms with Crippen LogP contribution in [0.3, 0.4) is 0 Å². The molecule has 0 atom stereocenters. The second-order valence-electron chi connectivity index (χ2n) is 3.08. The first-order valence-electron chi connectivity index (χ1n) is 4.15. The van der Waals surface area contributed by atoms with Gasteiger partial charge in [0, 0.05) is 13.1 Å². The number of hydrogen-bond acceptors (Lipinski definition) is 3. The van der Waals surface area contributed by atoms with Crippen molar-refractivity contribution in [1.82, 2.24) is 0 Å². The molecule has 1 amide bonds. The molecule has 0 bridgehead atoms. The van der Waals surface area contributed by atoms with Gasteiger partial charge >= 0.3 is 0 Å². The molecular weight excluding hydrogens is 182 g/mol. The van der Waals surface area contributed by atoms with Gasteiger partial charge in [-0.1, -0.05) is 0 Å². The minimum absolute atomic E-state index is 0.443. The van der Waals surface area contributed by atoms with Crippen LogP contribution in [-0.2, 0) is 4.79 Å². The molecular formula is C10H9NO3. The molecule has 0 saturated carbocycles. The standard InChI is InChI=1S/C10H9NO3/c1-11-8-5-6(14-2)3-4-7(8)9(12)10(11)13/h3-5H,1-2H3.